The molecule has 0 spiro atoms. The molecule has 0 aliphatic heterocycles. The molecular formula is C28H24N2O2S. The molecule has 0 radical (unpaired) electrons. The van der Waals surface area contributed by atoms with Crippen LogP contribution in [-0.2, 0) is 6.42 Å². The first kappa shape index (κ1) is 23.9. The van der Waals surface area contributed by atoms with Crippen molar-refractivity contribution in [2.75, 3.05) is 0 Å². The van der Waals surface area contributed by atoms with Crippen LogP contribution >= 0.6 is 11.8 Å². The van der Waals surface area contributed by atoms with Gasteiger partial charge in [0.25, 0.3) is 0 Å². The minimum absolute atomic E-state index is 0.258. The van der Waals surface area contributed by atoms with Gasteiger partial charge in [-0.2, -0.15) is 10.5 Å². The van der Waals surface area contributed by atoms with Gasteiger partial charge < -0.3 is 5.11 Å². The molecule has 4 nitrogen and oxygen atoms in total. The smallest absolute Gasteiger partial charge is 0.335 e. The Kier molecular flexibility index (Phi) is 8.88. The quantitative estimate of drug-likeness (QED) is 0.261. The zero-order valence-corrected chi connectivity index (χ0v) is 19.0. The Hall–Kier alpha value is -3.80. The SMILES string of the molecule is N#C/C(=C\CCCCCc1cc(C#N)ccc1C(=O)O)c1ccccc1Sc1ccccc1. The number of benzene rings is 3. The highest BCUT2D eigenvalue weighted by Gasteiger charge is 2.11. The largest absolute Gasteiger partial charge is 0.478 e. The van der Waals surface area contributed by atoms with Gasteiger partial charge >= 0.3 is 5.97 Å². The van der Waals surface area contributed by atoms with Crippen molar-refractivity contribution < 1.29 is 9.90 Å². The molecule has 0 aliphatic carbocycles. The number of allylic oxidation sites excluding steroid dienone is 2. The van der Waals surface area contributed by atoms with E-state index >= 15 is 0 Å². The summed E-state index contributed by atoms with van der Waals surface area (Å²) in [4.78, 5) is 13.6. The van der Waals surface area contributed by atoms with Gasteiger partial charge in [0.1, 0.15) is 0 Å². The molecule has 0 aromatic heterocycles. The Morgan fingerprint density at radius 3 is 2.39 bits per heavy atom. The van der Waals surface area contributed by atoms with E-state index in [1.54, 1.807) is 17.8 Å². The highest BCUT2D eigenvalue weighted by atomic mass is 32.2. The molecule has 0 atom stereocenters. The van der Waals surface area contributed by atoms with Gasteiger partial charge in [-0.05, 0) is 67.6 Å². The predicted molar refractivity (Wildman–Crippen MR) is 131 cm³/mol. The number of carbonyl (C=O) groups is 1. The molecule has 0 unspecified atom stereocenters. The summed E-state index contributed by atoms with van der Waals surface area (Å²) in [7, 11) is 0. The average molecular weight is 453 g/mol. The molecule has 0 saturated carbocycles. The second-order valence-corrected chi connectivity index (χ2v) is 8.64. The molecule has 1 N–H and O–H groups in total. The van der Waals surface area contributed by atoms with E-state index in [4.69, 9.17) is 5.26 Å². The molecule has 164 valence electrons. The number of carboxylic acid groups (broad SMARTS) is 1. The summed E-state index contributed by atoms with van der Waals surface area (Å²) in [6.07, 6.45) is 6.01. The molecule has 3 aromatic carbocycles. The van der Waals surface area contributed by atoms with Crippen LogP contribution < -0.4 is 0 Å². The first-order valence-electron chi connectivity index (χ1n) is 10.8. The number of hydrogen-bond acceptors (Lipinski definition) is 4. The van der Waals surface area contributed by atoms with Crippen LogP contribution in [0, 0.1) is 22.7 Å². The van der Waals surface area contributed by atoms with Gasteiger partial charge in [0.15, 0.2) is 0 Å². The molecule has 33 heavy (non-hydrogen) atoms. The zero-order valence-electron chi connectivity index (χ0n) is 18.2. The van der Waals surface area contributed by atoms with E-state index in [0.717, 1.165) is 41.0 Å². The van der Waals surface area contributed by atoms with E-state index in [1.807, 2.05) is 48.5 Å². The summed E-state index contributed by atoms with van der Waals surface area (Å²) in [5.74, 6) is -0.969. The van der Waals surface area contributed by atoms with Gasteiger partial charge in [-0.1, -0.05) is 60.7 Å². The second-order valence-electron chi connectivity index (χ2n) is 7.53. The monoisotopic (exact) mass is 452 g/mol. The van der Waals surface area contributed by atoms with Gasteiger partial charge in [-0.3, -0.25) is 0 Å². The van der Waals surface area contributed by atoms with Gasteiger partial charge in [-0.25, -0.2) is 4.79 Å². The van der Waals surface area contributed by atoms with Crippen LogP contribution in [0.25, 0.3) is 5.57 Å². The molecule has 0 amide bonds. The normalized spacial score (nSPS) is 10.9. The maximum atomic E-state index is 11.4. The number of carboxylic acids is 1. The van der Waals surface area contributed by atoms with Crippen molar-refractivity contribution in [1.82, 2.24) is 0 Å². The molecule has 0 heterocycles. The van der Waals surface area contributed by atoms with E-state index in [0.29, 0.717) is 23.1 Å². The summed E-state index contributed by atoms with van der Waals surface area (Å²) in [6.45, 7) is 0. The van der Waals surface area contributed by atoms with Crippen LogP contribution in [-0.4, -0.2) is 11.1 Å². The molecule has 0 saturated heterocycles. The number of nitrogens with zero attached hydrogens (tertiary/aromatic N) is 2. The third-order valence-electron chi connectivity index (χ3n) is 5.23. The Morgan fingerprint density at radius 1 is 0.909 bits per heavy atom. The molecule has 0 fully saturated rings. The fourth-order valence-electron chi connectivity index (χ4n) is 3.57. The summed E-state index contributed by atoms with van der Waals surface area (Å²) in [6, 6.07) is 27.2. The van der Waals surface area contributed by atoms with Gasteiger partial charge in [-0.15, -0.1) is 0 Å². The predicted octanol–water partition coefficient (Wildman–Crippen LogP) is 7.12. The number of rotatable bonds is 10. The molecule has 5 heteroatoms. The summed E-state index contributed by atoms with van der Waals surface area (Å²) in [5.41, 5.74) is 3.04. The highest BCUT2D eigenvalue weighted by Crippen LogP contribution is 2.33. The van der Waals surface area contributed by atoms with E-state index in [2.05, 4.69) is 24.3 Å². The van der Waals surface area contributed by atoms with Crippen molar-refractivity contribution in [3.8, 4) is 12.1 Å². The third-order valence-corrected chi connectivity index (χ3v) is 6.32. The van der Waals surface area contributed by atoms with Gasteiger partial charge in [0, 0.05) is 15.4 Å². The summed E-state index contributed by atoms with van der Waals surface area (Å²) in [5, 5.41) is 28.2. The standard InChI is InChI=1S/C28H24N2O2S/c29-19-21-16-17-26(28(31)32)22(18-21)10-4-1-2-5-11-23(20-30)25-14-8-9-15-27(25)33-24-12-6-3-7-13-24/h3,6-9,11-18H,1-2,4-5,10H2,(H,31,32)/b23-11+. The first-order chi connectivity index (χ1) is 16.1. The number of nitriles is 2. The lowest BCUT2D eigenvalue weighted by atomic mass is 9.98. The molecule has 0 aliphatic rings. The van der Waals surface area contributed by atoms with Crippen LogP contribution in [0.2, 0.25) is 0 Å². The second kappa shape index (κ2) is 12.3. The van der Waals surface area contributed by atoms with Crippen molar-refractivity contribution in [3.63, 3.8) is 0 Å². The van der Waals surface area contributed by atoms with Crippen LogP contribution in [0.5, 0.6) is 0 Å². The topological polar surface area (TPSA) is 84.9 Å². The van der Waals surface area contributed by atoms with Crippen LogP contribution in [0.4, 0.5) is 0 Å². The number of hydrogen-bond donors (Lipinski definition) is 1. The molecular weight excluding hydrogens is 428 g/mol. The average Bonchev–Trinajstić information content (AvgIpc) is 2.84. The maximum absolute atomic E-state index is 11.4. The highest BCUT2D eigenvalue weighted by molar-refractivity contribution is 7.99. The Bertz CT molecular complexity index is 1220. The molecule has 3 rings (SSSR count). The maximum Gasteiger partial charge on any atom is 0.335 e. The fourth-order valence-corrected chi connectivity index (χ4v) is 4.55. The Morgan fingerprint density at radius 2 is 1.67 bits per heavy atom. The van der Waals surface area contributed by atoms with Crippen LogP contribution in [0.3, 0.4) is 0 Å². The molecule has 3 aromatic rings. The summed E-state index contributed by atoms with van der Waals surface area (Å²) < 4.78 is 0. The lowest BCUT2D eigenvalue weighted by molar-refractivity contribution is 0.0695. The van der Waals surface area contributed by atoms with Gasteiger partial charge in [0.2, 0.25) is 0 Å². The van der Waals surface area contributed by atoms with E-state index in [1.165, 1.54) is 12.1 Å². The van der Waals surface area contributed by atoms with Gasteiger partial charge in [0.05, 0.1) is 28.8 Å². The van der Waals surface area contributed by atoms with Crippen molar-refractivity contribution in [2.24, 2.45) is 0 Å². The van der Waals surface area contributed by atoms with Crippen molar-refractivity contribution in [2.45, 2.75) is 41.9 Å². The number of unbranched alkanes of at least 4 members (excludes halogenated alkanes) is 3. The first-order valence-corrected chi connectivity index (χ1v) is 11.6. The van der Waals surface area contributed by atoms with Crippen LogP contribution in [0.15, 0.2) is 88.7 Å². The third kappa shape index (κ3) is 6.84. The Balaban J connectivity index is 1.58. The lowest BCUT2D eigenvalue weighted by Gasteiger charge is -2.09. The van der Waals surface area contributed by atoms with E-state index in [9.17, 15) is 15.2 Å². The minimum Gasteiger partial charge on any atom is -0.478 e. The minimum atomic E-state index is -0.969. The zero-order chi connectivity index (χ0) is 23.5. The van der Waals surface area contributed by atoms with Crippen LogP contribution in [0.1, 0.15) is 52.7 Å². The Labute approximate surface area is 198 Å². The number of aryl methyl sites for hydroxylation is 1. The van der Waals surface area contributed by atoms with E-state index in [-0.39, 0.29) is 5.56 Å². The van der Waals surface area contributed by atoms with E-state index < -0.39 is 5.97 Å². The fraction of sp³-hybridized carbons (Fsp3) is 0.179. The van der Waals surface area contributed by atoms with Crippen molar-refractivity contribution >= 4 is 23.3 Å². The summed E-state index contributed by atoms with van der Waals surface area (Å²) >= 11 is 1.65. The number of aromatic carboxylic acids is 1. The van der Waals surface area contributed by atoms with Crippen molar-refractivity contribution in [3.05, 3.63) is 101 Å². The lowest BCUT2D eigenvalue weighted by Crippen LogP contribution is -2.03. The van der Waals surface area contributed by atoms with Crippen molar-refractivity contribution in [1.29, 1.82) is 10.5 Å². The molecule has 0 bridgehead atoms.